The molecule has 0 saturated heterocycles. The average molecular weight is 341 g/mol. The van der Waals surface area contributed by atoms with E-state index in [0.29, 0.717) is 22.3 Å². The van der Waals surface area contributed by atoms with E-state index in [1.54, 1.807) is 40.0 Å². The molecule has 0 fully saturated rings. The van der Waals surface area contributed by atoms with Crippen molar-refractivity contribution in [2.75, 3.05) is 0 Å². The zero-order valence-corrected chi connectivity index (χ0v) is 14.5. The summed E-state index contributed by atoms with van der Waals surface area (Å²) in [6.45, 7) is 7.15. The first-order valence-corrected chi connectivity index (χ1v) is 7.85. The number of nitrogens with zero attached hydrogens (tertiary/aromatic N) is 2. The molecular formula is C18H19N3O4. The smallest absolute Gasteiger partial charge is 0.419 e. The molecule has 0 unspecified atom stereocenters. The highest BCUT2D eigenvalue weighted by Gasteiger charge is 2.27. The van der Waals surface area contributed by atoms with Crippen LogP contribution in [0.15, 0.2) is 36.7 Å². The van der Waals surface area contributed by atoms with Crippen molar-refractivity contribution in [2.24, 2.45) is 0 Å². The van der Waals surface area contributed by atoms with Gasteiger partial charge in [0.05, 0.1) is 22.2 Å². The van der Waals surface area contributed by atoms with E-state index in [1.807, 2.05) is 18.2 Å². The number of aromatic amines is 1. The third kappa shape index (κ3) is 2.88. The van der Waals surface area contributed by atoms with Crippen LogP contribution in [0.5, 0.6) is 0 Å². The lowest BCUT2D eigenvalue weighted by atomic mass is 10.0. The summed E-state index contributed by atoms with van der Waals surface area (Å²) in [7, 11) is 0. The Balaban J connectivity index is 2.28. The zero-order valence-electron chi connectivity index (χ0n) is 14.5. The molecule has 0 saturated carbocycles. The molecule has 1 aromatic carbocycles. The van der Waals surface area contributed by atoms with E-state index < -0.39 is 16.6 Å². The van der Waals surface area contributed by atoms with Gasteiger partial charge in [-0.05, 0) is 33.8 Å². The molecule has 3 rings (SSSR count). The lowest BCUT2D eigenvalue weighted by Crippen LogP contribution is -2.27. The minimum Gasteiger partial charge on any atom is -0.443 e. The van der Waals surface area contributed by atoms with Crippen molar-refractivity contribution >= 4 is 22.7 Å². The molecule has 0 spiro atoms. The van der Waals surface area contributed by atoms with Crippen LogP contribution in [0.2, 0.25) is 0 Å². The first kappa shape index (κ1) is 16.8. The Kier molecular flexibility index (Phi) is 3.87. The molecular weight excluding hydrogens is 322 g/mol. The molecule has 0 aliphatic rings. The number of hydrogen-bond donors (Lipinski definition) is 1. The van der Waals surface area contributed by atoms with Crippen LogP contribution < -0.4 is 0 Å². The Morgan fingerprint density at radius 3 is 2.56 bits per heavy atom. The number of rotatable bonds is 2. The average Bonchev–Trinajstić information content (AvgIpc) is 3.06. The van der Waals surface area contributed by atoms with E-state index >= 15 is 0 Å². The van der Waals surface area contributed by atoms with Crippen molar-refractivity contribution in [2.45, 2.75) is 33.3 Å². The number of aromatic nitrogens is 2. The van der Waals surface area contributed by atoms with Crippen LogP contribution in [0.25, 0.3) is 22.0 Å². The summed E-state index contributed by atoms with van der Waals surface area (Å²) >= 11 is 0. The molecule has 1 N–H and O–H groups in total. The molecule has 130 valence electrons. The van der Waals surface area contributed by atoms with E-state index in [9.17, 15) is 14.9 Å². The van der Waals surface area contributed by atoms with Crippen LogP contribution in [0.1, 0.15) is 26.5 Å². The second kappa shape index (κ2) is 5.77. The monoisotopic (exact) mass is 341 g/mol. The molecule has 2 aromatic heterocycles. The van der Waals surface area contributed by atoms with Crippen molar-refractivity contribution in [3.05, 3.63) is 52.5 Å². The maximum Gasteiger partial charge on any atom is 0.419 e. The van der Waals surface area contributed by atoms with Crippen molar-refractivity contribution in [3.8, 4) is 11.1 Å². The van der Waals surface area contributed by atoms with E-state index in [0.717, 1.165) is 5.39 Å². The number of H-pyrrole nitrogens is 1. The standard InChI is InChI=1S/C18H19N3O4/c1-11-16(13-9-19-10-15(13)21(23)24)12-7-5-6-8-14(12)20(11)17(22)25-18(2,3)4/h5-10,19H,1-4H3. The fraction of sp³-hybridized carbons (Fsp3) is 0.278. The number of carbonyl (C=O) groups is 1. The second-order valence-corrected chi connectivity index (χ2v) is 6.80. The van der Waals surface area contributed by atoms with Gasteiger partial charge in [-0.15, -0.1) is 0 Å². The van der Waals surface area contributed by atoms with Crippen LogP contribution in [-0.2, 0) is 4.74 Å². The Hall–Kier alpha value is -3.09. The molecule has 0 bridgehead atoms. The fourth-order valence-corrected chi connectivity index (χ4v) is 2.96. The summed E-state index contributed by atoms with van der Waals surface area (Å²) in [4.78, 5) is 26.4. The lowest BCUT2D eigenvalue weighted by molar-refractivity contribution is -0.384. The number of para-hydroxylation sites is 1. The molecule has 0 radical (unpaired) electrons. The van der Waals surface area contributed by atoms with Gasteiger partial charge in [0.25, 0.3) is 5.69 Å². The van der Waals surface area contributed by atoms with Crippen molar-refractivity contribution < 1.29 is 14.5 Å². The van der Waals surface area contributed by atoms with Gasteiger partial charge < -0.3 is 9.72 Å². The van der Waals surface area contributed by atoms with Crippen molar-refractivity contribution in [1.82, 2.24) is 9.55 Å². The largest absolute Gasteiger partial charge is 0.443 e. The molecule has 0 aliphatic heterocycles. The lowest BCUT2D eigenvalue weighted by Gasteiger charge is -2.20. The molecule has 3 aromatic rings. The number of hydrogen-bond acceptors (Lipinski definition) is 4. The molecule has 7 heteroatoms. The topological polar surface area (TPSA) is 90.2 Å². The molecule has 0 atom stereocenters. The van der Waals surface area contributed by atoms with E-state index in [-0.39, 0.29) is 5.69 Å². The van der Waals surface area contributed by atoms with Gasteiger partial charge in [-0.3, -0.25) is 10.1 Å². The number of carbonyl (C=O) groups excluding carboxylic acids is 1. The Labute approximate surface area is 144 Å². The second-order valence-electron chi connectivity index (χ2n) is 6.80. The number of nitro groups is 1. The molecule has 25 heavy (non-hydrogen) atoms. The first-order chi connectivity index (χ1) is 11.7. The van der Waals surface area contributed by atoms with Crippen LogP contribution in [0, 0.1) is 17.0 Å². The number of fused-ring (bicyclic) bond motifs is 1. The number of nitrogens with one attached hydrogen (secondary N) is 1. The van der Waals surface area contributed by atoms with Crippen LogP contribution >= 0.6 is 0 Å². The summed E-state index contributed by atoms with van der Waals surface area (Å²) in [6, 6.07) is 7.30. The fourth-order valence-electron chi connectivity index (χ4n) is 2.96. The van der Waals surface area contributed by atoms with Crippen LogP contribution in [0.3, 0.4) is 0 Å². The summed E-state index contributed by atoms with van der Waals surface area (Å²) in [5, 5.41) is 12.1. The summed E-state index contributed by atoms with van der Waals surface area (Å²) in [5.74, 6) is 0. The third-order valence-corrected chi connectivity index (χ3v) is 3.88. The Bertz CT molecular complexity index is 976. The maximum absolute atomic E-state index is 12.7. The predicted molar refractivity (Wildman–Crippen MR) is 94.7 cm³/mol. The first-order valence-electron chi connectivity index (χ1n) is 7.85. The van der Waals surface area contributed by atoms with Gasteiger partial charge in [-0.25, -0.2) is 9.36 Å². The van der Waals surface area contributed by atoms with Crippen LogP contribution in [-0.4, -0.2) is 26.2 Å². The molecule has 2 heterocycles. The number of benzene rings is 1. The van der Waals surface area contributed by atoms with Gasteiger partial charge in [0.2, 0.25) is 0 Å². The van der Waals surface area contributed by atoms with E-state index in [2.05, 4.69) is 4.98 Å². The van der Waals surface area contributed by atoms with Gasteiger partial charge in [0.15, 0.2) is 0 Å². The normalized spacial score (nSPS) is 11.7. The molecule has 0 amide bonds. The predicted octanol–water partition coefficient (Wildman–Crippen LogP) is 4.64. The minimum atomic E-state index is -0.644. The highest BCUT2D eigenvalue weighted by atomic mass is 16.6. The van der Waals surface area contributed by atoms with Crippen molar-refractivity contribution in [1.29, 1.82) is 0 Å². The van der Waals surface area contributed by atoms with Crippen molar-refractivity contribution in [3.63, 3.8) is 0 Å². The van der Waals surface area contributed by atoms with Gasteiger partial charge in [0.1, 0.15) is 5.60 Å². The van der Waals surface area contributed by atoms with E-state index in [1.165, 1.54) is 10.8 Å². The molecule has 7 nitrogen and oxygen atoms in total. The Morgan fingerprint density at radius 2 is 1.92 bits per heavy atom. The number of ether oxygens (including phenoxy) is 1. The molecule has 0 aliphatic carbocycles. The van der Waals surface area contributed by atoms with Gasteiger partial charge in [0, 0.05) is 22.8 Å². The van der Waals surface area contributed by atoms with Gasteiger partial charge in [-0.1, -0.05) is 18.2 Å². The summed E-state index contributed by atoms with van der Waals surface area (Å²) in [5.41, 5.74) is 1.67. The van der Waals surface area contributed by atoms with E-state index in [4.69, 9.17) is 4.74 Å². The summed E-state index contributed by atoms with van der Waals surface area (Å²) < 4.78 is 6.97. The minimum absolute atomic E-state index is 0.0322. The Morgan fingerprint density at radius 1 is 1.24 bits per heavy atom. The zero-order chi connectivity index (χ0) is 18.4. The highest BCUT2D eigenvalue weighted by Crippen LogP contribution is 2.39. The summed E-state index contributed by atoms with van der Waals surface area (Å²) in [6.07, 6.45) is 2.41. The van der Waals surface area contributed by atoms with Gasteiger partial charge in [-0.2, -0.15) is 0 Å². The SMILES string of the molecule is Cc1c(-c2c[nH]cc2[N+](=O)[O-])c2ccccc2n1C(=O)OC(C)(C)C. The van der Waals surface area contributed by atoms with Gasteiger partial charge >= 0.3 is 6.09 Å². The third-order valence-electron chi connectivity index (χ3n) is 3.88. The highest BCUT2D eigenvalue weighted by molar-refractivity contribution is 6.04. The maximum atomic E-state index is 12.7. The van der Waals surface area contributed by atoms with Crippen LogP contribution in [0.4, 0.5) is 10.5 Å². The quantitative estimate of drug-likeness (QED) is 0.543.